The molecular formula is C24H27F3N4O4. The first-order valence-electron chi connectivity index (χ1n) is 11.1. The van der Waals surface area contributed by atoms with E-state index in [1.165, 1.54) is 16.9 Å². The number of amides is 2. The van der Waals surface area contributed by atoms with Crippen LogP contribution < -0.4 is 0 Å². The molecule has 2 aromatic rings. The van der Waals surface area contributed by atoms with Crippen molar-refractivity contribution < 1.29 is 32.3 Å². The number of halogens is 3. The summed E-state index contributed by atoms with van der Waals surface area (Å²) in [6.45, 7) is 7.55. The molecule has 0 aliphatic carbocycles. The zero-order valence-electron chi connectivity index (χ0n) is 20.1. The number of carbonyl (C=O) groups is 3. The summed E-state index contributed by atoms with van der Waals surface area (Å²) in [5.74, 6) is -1.43. The molecule has 188 valence electrons. The minimum atomic E-state index is -4.49. The molecule has 1 aliphatic rings. The van der Waals surface area contributed by atoms with Gasteiger partial charge in [0.15, 0.2) is 0 Å². The van der Waals surface area contributed by atoms with Gasteiger partial charge in [-0.25, -0.2) is 14.8 Å². The van der Waals surface area contributed by atoms with Crippen LogP contribution in [0.3, 0.4) is 0 Å². The molecule has 1 fully saturated rings. The highest BCUT2D eigenvalue weighted by Crippen LogP contribution is 2.29. The number of piperazine rings is 1. The number of ether oxygens (including phenoxy) is 1. The van der Waals surface area contributed by atoms with E-state index in [0.717, 1.165) is 24.3 Å². The Balaban J connectivity index is 1.82. The van der Waals surface area contributed by atoms with Gasteiger partial charge >= 0.3 is 12.1 Å². The predicted molar refractivity (Wildman–Crippen MR) is 120 cm³/mol. The topological polar surface area (TPSA) is 92.7 Å². The van der Waals surface area contributed by atoms with Crippen molar-refractivity contribution in [3.8, 4) is 0 Å². The van der Waals surface area contributed by atoms with Crippen LogP contribution in [0.1, 0.15) is 75.0 Å². The van der Waals surface area contributed by atoms with E-state index in [-0.39, 0.29) is 42.4 Å². The van der Waals surface area contributed by atoms with Crippen molar-refractivity contribution in [2.24, 2.45) is 0 Å². The van der Waals surface area contributed by atoms with E-state index in [1.807, 2.05) is 13.8 Å². The third-order valence-electron chi connectivity index (χ3n) is 5.82. The maximum absolute atomic E-state index is 13.4. The Kier molecular flexibility index (Phi) is 7.47. The lowest BCUT2D eigenvalue weighted by Crippen LogP contribution is -2.55. The molecule has 0 N–H and O–H groups in total. The molecule has 1 aromatic carbocycles. The second-order valence-corrected chi connectivity index (χ2v) is 8.70. The fourth-order valence-corrected chi connectivity index (χ4v) is 4.03. The van der Waals surface area contributed by atoms with Crippen molar-refractivity contribution in [2.75, 3.05) is 26.7 Å². The Morgan fingerprint density at radius 3 is 2.20 bits per heavy atom. The normalized spacial score (nSPS) is 16.4. The third-order valence-corrected chi connectivity index (χ3v) is 5.82. The van der Waals surface area contributed by atoms with Gasteiger partial charge in [-0.3, -0.25) is 9.59 Å². The van der Waals surface area contributed by atoms with Gasteiger partial charge in [0, 0.05) is 31.2 Å². The maximum Gasteiger partial charge on any atom is 0.416 e. The van der Waals surface area contributed by atoms with Crippen LogP contribution >= 0.6 is 0 Å². The van der Waals surface area contributed by atoms with Crippen molar-refractivity contribution in [1.82, 2.24) is 19.8 Å². The lowest BCUT2D eigenvalue weighted by atomic mass is 10.0. The van der Waals surface area contributed by atoms with Crippen LogP contribution in [-0.2, 0) is 10.9 Å². The lowest BCUT2D eigenvalue weighted by molar-refractivity contribution is -0.137. The predicted octanol–water partition coefficient (Wildman–Crippen LogP) is 3.70. The number of aromatic nitrogens is 2. The van der Waals surface area contributed by atoms with E-state index in [2.05, 4.69) is 9.97 Å². The first-order chi connectivity index (χ1) is 16.3. The number of rotatable bonds is 4. The zero-order valence-corrected chi connectivity index (χ0v) is 20.1. The molecule has 0 radical (unpaired) electrons. The highest BCUT2D eigenvalue weighted by molar-refractivity contribution is 6.05. The van der Waals surface area contributed by atoms with Crippen LogP contribution in [0.4, 0.5) is 13.2 Å². The summed E-state index contributed by atoms with van der Waals surface area (Å²) in [4.78, 5) is 50.4. The molecule has 11 heteroatoms. The highest BCUT2D eigenvalue weighted by Gasteiger charge is 2.35. The Bertz CT molecular complexity index is 1130. The molecule has 0 bridgehead atoms. The van der Waals surface area contributed by atoms with Gasteiger partial charge in [0.25, 0.3) is 11.8 Å². The standard InChI is InChI=1S/C24H27F3N4O4/c1-13(2)19-18(23(34)35-5)20(29-15(4)28-19)22(33)30-10-11-31(14(3)12-30)21(32)16-6-8-17(9-7-16)24(25,26)27/h6-9,13-14H,10-12H2,1-5H3. The average Bonchev–Trinajstić information content (AvgIpc) is 2.81. The van der Waals surface area contributed by atoms with Crippen LogP contribution in [0.5, 0.6) is 0 Å². The Labute approximate surface area is 201 Å². The van der Waals surface area contributed by atoms with Crippen molar-refractivity contribution in [3.05, 3.63) is 58.2 Å². The quantitative estimate of drug-likeness (QED) is 0.605. The molecule has 1 atom stereocenters. The number of carbonyl (C=O) groups excluding carboxylic acids is 3. The van der Waals surface area contributed by atoms with Crippen LogP contribution in [0, 0.1) is 6.92 Å². The van der Waals surface area contributed by atoms with Gasteiger partial charge in [-0.1, -0.05) is 13.8 Å². The molecule has 35 heavy (non-hydrogen) atoms. The molecular weight excluding hydrogens is 465 g/mol. The summed E-state index contributed by atoms with van der Waals surface area (Å²) in [6, 6.07) is 3.62. The number of methoxy groups -OCH3 is 1. The van der Waals surface area contributed by atoms with Crippen LogP contribution in [0.15, 0.2) is 24.3 Å². The van der Waals surface area contributed by atoms with Gasteiger partial charge in [-0.05, 0) is 44.0 Å². The highest BCUT2D eigenvalue weighted by atomic mass is 19.4. The zero-order chi connectivity index (χ0) is 26.1. The number of benzene rings is 1. The molecule has 2 amide bonds. The first-order valence-corrected chi connectivity index (χ1v) is 11.1. The monoisotopic (exact) mass is 492 g/mol. The fourth-order valence-electron chi connectivity index (χ4n) is 4.03. The smallest absolute Gasteiger partial charge is 0.416 e. The summed E-state index contributed by atoms with van der Waals surface area (Å²) >= 11 is 0. The molecule has 0 spiro atoms. The van der Waals surface area contributed by atoms with Crippen molar-refractivity contribution in [3.63, 3.8) is 0 Å². The van der Waals surface area contributed by atoms with E-state index in [4.69, 9.17) is 4.74 Å². The number of hydrogen-bond donors (Lipinski definition) is 0. The molecule has 1 unspecified atom stereocenters. The molecule has 3 rings (SSSR count). The maximum atomic E-state index is 13.4. The number of alkyl halides is 3. The summed E-state index contributed by atoms with van der Waals surface area (Å²) in [6.07, 6.45) is -4.49. The molecule has 0 saturated carbocycles. The lowest BCUT2D eigenvalue weighted by Gasteiger charge is -2.40. The third kappa shape index (κ3) is 5.44. The second kappa shape index (κ2) is 10.0. The summed E-state index contributed by atoms with van der Waals surface area (Å²) in [7, 11) is 1.22. The number of aryl methyl sites for hydroxylation is 1. The minimum Gasteiger partial charge on any atom is -0.465 e. The number of hydrogen-bond acceptors (Lipinski definition) is 6. The SMILES string of the molecule is COC(=O)c1c(C(=O)N2CCN(C(=O)c3ccc(C(F)(F)F)cc3)C(C)C2)nc(C)nc1C(C)C. The Morgan fingerprint density at radius 2 is 1.69 bits per heavy atom. The first kappa shape index (κ1) is 26.1. The molecule has 1 saturated heterocycles. The summed E-state index contributed by atoms with van der Waals surface area (Å²) in [5, 5.41) is 0. The van der Waals surface area contributed by atoms with E-state index in [1.54, 1.807) is 13.8 Å². The van der Waals surface area contributed by atoms with E-state index in [0.29, 0.717) is 11.5 Å². The number of esters is 1. The van der Waals surface area contributed by atoms with Crippen molar-refractivity contribution >= 4 is 17.8 Å². The van der Waals surface area contributed by atoms with Crippen molar-refractivity contribution in [2.45, 2.75) is 45.8 Å². The summed E-state index contributed by atoms with van der Waals surface area (Å²) in [5.41, 5.74) is -0.320. The second-order valence-electron chi connectivity index (χ2n) is 8.70. The average molecular weight is 492 g/mol. The molecule has 1 aliphatic heterocycles. The van der Waals surface area contributed by atoms with Gasteiger partial charge < -0.3 is 14.5 Å². The van der Waals surface area contributed by atoms with Gasteiger partial charge in [0.1, 0.15) is 17.1 Å². The number of nitrogens with zero attached hydrogens (tertiary/aromatic N) is 4. The van der Waals surface area contributed by atoms with E-state index >= 15 is 0 Å². The molecule has 8 nitrogen and oxygen atoms in total. The van der Waals surface area contributed by atoms with Crippen LogP contribution in [0.25, 0.3) is 0 Å². The van der Waals surface area contributed by atoms with Crippen LogP contribution in [0.2, 0.25) is 0 Å². The fraction of sp³-hybridized carbons (Fsp3) is 0.458. The van der Waals surface area contributed by atoms with Gasteiger partial charge in [0.05, 0.1) is 18.4 Å². The van der Waals surface area contributed by atoms with Gasteiger partial charge in [-0.15, -0.1) is 0 Å². The summed E-state index contributed by atoms with van der Waals surface area (Å²) < 4.78 is 43.3. The van der Waals surface area contributed by atoms with Crippen LogP contribution in [-0.4, -0.2) is 70.3 Å². The van der Waals surface area contributed by atoms with E-state index < -0.39 is 35.6 Å². The minimum absolute atomic E-state index is 0.0222. The van der Waals surface area contributed by atoms with Gasteiger partial charge in [0.2, 0.25) is 0 Å². The largest absolute Gasteiger partial charge is 0.465 e. The van der Waals surface area contributed by atoms with Crippen molar-refractivity contribution in [1.29, 1.82) is 0 Å². The molecule has 2 heterocycles. The Hall–Kier alpha value is -3.50. The van der Waals surface area contributed by atoms with Gasteiger partial charge in [-0.2, -0.15) is 13.2 Å². The molecule has 1 aromatic heterocycles. The Morgan fingerprint density at radius 1 is 1.06 bits per heavy atom. The van der Waals surface area contributed by atoms with E-state index in [9.17, 15) is 27.6 Å².